The van der Waals surface area contributed by atoms with Crippen LogP contribution in [-0.2, 0) is 9.53 Å². The van der Waals surface area contributed by atoms with Gasteiger partial charge in [-0.3, -0.25) is 4.90 Å². The molecule has 0 saturated heterocycles. The molecule has 0 saturated carbocycles. The van der Waals surface area contributed by atoms with Crippen molar-refractivity contribution in [3.63, 3.8) is 0 Å². The summed E-state index contributed by atoms with van der Waals surface area (Å²) in [7, 11) is 3.07. The number of amides is 2. The molecule has 0 heterocycles. The number of carboxylic acids is 1. The highest BCUT2D eigenvalue weighted by molar-refractivity contribution is 5.92. The zero-order chi connectivity index (χ0) is 24.2. The van der Waals surface area contributed by atoms with E-state index in [1.54, 1.807) is 18.0 Å². The number of carbonyl (C=O) groups is 2. The molecular formula is C26H34N2O5. The van der Waals surface area contributed by atoms with Crippen LogP contribution in [0.1, 0.15) is 45.1 Å². The van der Waals surface area contributed by atoms with Gasteiger partial charge in [-0.25, -0.2) is 9.59 Å². The van der Waals surface area contributed by atoms with E-state index in [2.05, 4.69) is 19.2 Å². The largest absolute Gasteiger partial charge is 0.493 e. The molecular weight excluding hydrogens is 420 g/mol. The molecule has 0 bridgehead atoms. The maximum Gasteiger partial charge on any atom is 0.371 e. The van der Waals surface area contributed by atoms with E-state index in [1.807, 2.05) is 36.4 Å². The van der Waals surface area contributed by atoms with Crippen LogP contribution in [-0.4, -0.2) is 44.4 Å². The molecule has 0 aliphatic rings. The number of hydrogen-bond acceptors (Lipinski definition) is 4. The van der Waals surface area contributed by atoms with Gasteiger partial charge in [-0.15, -0.1) is 0 Å². The molecule has 178 valence electrons. The van der Waals surface area contributed by atoms with Gasteiger partial charge in [0, 0.05) is 24.8 Å². The van der Waals surface area contributed by atoms with Crippen LogP contribution < -0.4 is 15.0 Å². The standard InChI is InChI=1S/C26H34N2O5/c1-5-7-14-27-26(31)28(3)21-11-9-10-20(18-21)22-13-12-19(17-24(32-4)25(29)30)16-23(22)33-15-8-6-2/h9-13,16-18H,5-8,14-15H2,1-4H3,(H,27,31)(H,29,30). The quantitative estimate of drug-likeness (QED) is 0.249. The topological polar surface area (TPSA) is 88.1 Å². The van der Waals surface area contributed by atoms with Crippen LogP contribution in [0.3, 0.4) is 0 Å². The third-order valence-electron chi connectivity index (χ3n) is 5.15. The van der Waals surface area contributed by atoms with Crippen molar-refractivity contribution in [2.24, 2.45) is 0 Å². The van der Waals surface area contributed by atoms with Gasteiger partial charge in [-0.05, 0) is 48.2 Å². The number of nitrogens with zero attached hydrogens (tertiary/aromatic N) is 1. The van der Waals surface area contributed by atoms with Crippen LogP contribution in [0.5, 0.6) is 5.75 Å². The summed E-state index contributed by atoms with van der Waals surface area (Å²) in [6.45, 7) is 5.36. The summed E-state index contributed by atoms with van der Waals surface area (Å²) in [4.78, 5) is 25.3. The van der Waals surface area contributed by atoms with E-state index < -0.39 is 5.97 Å². The Morgan fingerprint density at radius 1 is 1.09 bits per heavy atom. The lowest BCUT2D eigenvalue weighted by atomic mass is 10.0. The minimum Gasteiger partial charge on any atom is -0.493 e. The molecule has 7 nitrogen and oxygen atoms in total. The Hall–Kier alpha value is -3.48. The van der Waals surface area contributed by atoms with Crippen LogP contribution >= 0.6 is 0 Å². The lowest BCUT2D eigenvalue weighted by molar-refractivity contribution is -0.135. The van der Waals surface area contributed by atoms with E-state index in [4.69, 9.17) is 9.47 Å². The Morgan fingerprint density at radius 3 is 2.52 bits per heavy atom. The van der Waals surface area contributed by atoms with Crippen LogP contribution in [0.4, 0.5) is 10.5 Å². The van der Waals surface area contributed by atoms with Gasteiger partial charge in [-0.2, -0.15) is 0 Å². The molecule has 2 aromatic rings. The van der Waals surface area contributed by atoms with Crippen LogP contribution in [0.15, 0.2) is 48.2 Å². The van der Waals surface area contributed by atoms with Crippen molar-refractivity contribution in [2.45, 2.75) is 39.5 Å². The lowest BCUT2D eigenvalue weighted by Gasteiger charge is -2.19. The monoisotopic (exact) mass is 454 g/mol. The smallest absolute Gasteiger partial charge is 0.371 e. The van der Waals surface area contributed by atoms with Crippen LogP contribution in [0, 0.1) is 0 Å². The summed E-state index contributed by atoms with van der Waals surface area (Å²) in [5.41, 5.74) is 3.18. The summed E-state index contributed by atoms with van der Waals surface area (Å²) in [5.74, 6) is -0.645. The van der Waals surface area contributed by atoms with E-state index in [0.29, 0.717) is 24.5 Å². The molecule has 7 heteroatoms. The van der Waals surface area contributed by atoms with E-state index in [1.165, 1.54) is 13.2 Å². The molecule has 0 atom stereocenters. The maximum absolute atomic E-state index is 12.5. The van der Waals surface area contributed by atoms with Crippen molar-refractivity contribution < 1.29 is 24.2 Å². The number of benzene rings is 2. The molecule has 33 heavy (non-hydrogen) atoms. The Morgan fingerprint density at radius 2 is 1.85 bits per heavy atom. The summed E-state index contributed by atoms with van der Waals surface area (Å²) >= 11 is 0. The van der Waals surface area contributed by atoms with E-state index in [0.717, 1.165) is 42.5 Å². The molecule has 0 aromatic heterocycles. The molecule has 0 radical (unpaired) electrons. The van der Waals surface area contributed by atoms with Gasteiger partial charge in [0.2, 0.25) is 5.76 Å². The number of hydrogen-bond donors (Lipinski definition) is 2. The molecule has 0 aliphatic heterocycles. The Labute approximate surface area is 196 Å². The number of carbonyl (C=O) groups excluding carboxylic acids is 1. The second-order valence-electron chi connectivity index (χ2n) is 7.67. The van der Waals surface area contributed by atoms with Gasteiger partial charge in [0.05, 0.1) is 13.7 Å². The first kappa shape index (κ1) is 25.8. The normalized spacial score (nSPS) is 11.1. The van der Waals surface area contributed by atoms with Crippen molar-refractivity contribution in [1.82, 2.24) is 5.32 Å². The van der Waals surface area contributed by atoms with Gasteiger partial charge in [-0.1, -0.05) is 51.0 Å². The maximum atomic E-state index is 12.5. The third kappa shape index (κ3) is 7.56. The van der Waals surface area contributed by atoms with Crippen LogP contribution in [0.2, 0.25) is 0 Å². The number of rotatable bonds is 12. The van der Waals surface area contributed by atoms with E-state index >= 15 is 0 Å². The van der Waals surface area contributed by atoms with E-state index in [9.17, 15) is 14.7 Å². The number of methoxy groups -OCH3 is 1. The first-order valence-corrected chi connectivity index (χ1v) is 11.3. The molecule has 2 aromatic carbocycles. The fourth-order valence-electron chi connectivity index (χ4n) is 3.16. The fraction of sp³-hybridized carbons (Fsp3) is 0.385. The Balaban J connectivity index is 2.38. The number of nitrogens with one attached hydrogen (secondary N) is 1. The summed E-state index contributed by atoms with van der Waals surface area (Å²) in [6, 6.07) is 13.0. The minimum atomic E-state index is -1.14. The van der Waals surface area contributed by atoms with Crippen LogP contribution in [0.25, 0.3) is 17.2 Å². The van der Waals surface area contributed by atoms with Gasteiger partial charge in [0.1, 0.15) is 5.75 Å². The first-order chi connectivity index (χ1) is 15.9. The number of anilines is 1. The second-order valence-corrected chi connectivity index (χ2v) is 7.67. The predicted octanol–water partition coefficient (Wildman–Crippen LogP) is 5.55. The highest BCUT2D eigenvalue weighted by atomic mass is 16.5. The van der Waals surface area contributed by atoms with Gasteiger partial charge >= 0.3 is 12.0 Å². The average Bonchev–Trinajstić information content (AvgIpc) is 2.82. The van der Waals surface area contributed by atoms with Crippen molar-refractivity contribution >= 4 is 23.8 Å². The van der Waals surface area contributed by atoms with Gasteiger partial charge in [0.25, 0.3) is 0 Å². The number of unbranched alkanes of at least 4 members (excludes halogenated alkanes) is 2. The number of carboxylic acid groups (broad SMARTS) is 1. The Kier molecular flexibility index (Phi) is 10.3. The van der Waals surface area contributed by atoms with Gasteiger partial charge in [0.15, 0.2) is 0 Å². The molecule has 2 rings (SSSR count). The summed E-state index contributed by atoms with van der Waals surface area (Å²) < 4.78 is 11.0. The highest BCUT2D eigenvalue weighted by Gasteiger charge is 2.14. The van der Waals surface area contributed by atoms with Crippen molar-refractivity contribution in [2.75, 3.05) is 32.2 Å². The molecule has 2 N–H and O–H groups in total. The van der Waals surface area contributed by atoms with Crippen molar-refractivity contribution in [3.05, 3.63) is 53.8 Å². The summed E-state index contributed by atoms with van der Waals surface area (Å²) in [5, 5.41) is 12.2. The zero-order valence-corrected chi connectivity index (χ0v) is 19.9. The lowest BCUT2D eigenvalue weighted by Crippen LogP contribution is -2.37. The summed E-state index contributed by atoms with van der Waals surface area (Å²) in [6.07, 6.45) is 5.31. The second kappa shape index (κ2) is 13.2. The zero-order valence-electron chi connectivity index (χ0n) is 19.9. The minimum absolute atomic E-state index is 0.152. The third-order valence-corrected chi connectivity index (χ3v) is 5.15. The highest BCUT2D eigenvalue weighted by Crippen LogP contribution is 2.34. The number of ether oxygens (including phenoxy) is 2. The SMILES string of the molecule is CCCCNC(=O)N(C)c1cccc(-c2ccc(C=C(OC)C(=O)O)cc2OCCCC)c1. The number of aliphatic carboxylic acids is 1. The first-order valence-electron chi connectivity index (χ1n) is 11.3. The molecule has 0 fully saturated rings. The molecule has 0 aliphatic carbocycles. The number of urea groups is 1. The molecule has 0 spiro atoms. The van der Waals surface area contributed by atoms with E-state index in [-0.39, 0.29) is 11.8 Å². The molecule has 0 unspecified atom stereocenters. The predicted molar refractivity (Wildman–Crippen MR) is 132 cm³/mol. The fourth-order valence-corrected chi connectivity index (χ4v) is 3.16. The van der Waals surface area contributed by atoms with Crippen molar-refractivity contribution in [1.29, 1.82) is 0 Å². The van der Waals surface area contributed by atoms with Crippen molar-refractivity contribution in [3.8, 4) is 16.9 Å². The van der Waals surface area contributed by atoms with Gasteiger partial charge < -0.3 is 19.9 Å². The molecule has 2 amide bonds. The Bertz CT molecular complexity index is 971. The average molecular weight is 455 g/mol.